The van der Waals surface area contributed by atoms with Crippen molar-refractivity contribution >= 4 is 40.2 Å². The van der Waals surface area contributed by atoms with Gasteiger partial charge >= 0.3 is 0 Å². The van der Waals surface area contributed by atoms with E-state index in [1.54, 1.807) is 30.3 Å². The maximum atomic E-state index is 14.9. The molecule has 0 radical (unpaired) electrons. The fourth-order valence-electron chi connectivity index (χ4n) is 4.54. The first-order valence-electron chi connectivity index (χ1n) is 10.8. The third-order valence-electron chi connectivity index (χ3n) is 6.25. The van der Waals surface area contributed by atoms with Gasteiger partial charge in [-0.25, -0.2) is 4.39 Å². The number of carbonyl (C=O) groups excluding carboxylic acids is 4. The first-order valence-corrected chi connectivity index (χ1v) is 10.8. The van der Waals surface area contributed by atoms with Gasteiger partial charge in [0.1, 0.15) is 11.7 Å². The van der Waals surface area contributed by atoms with E-state index in [9.17, 15) is 23.6 Å². The summed E-state index contributed by atoms with van der Waals surface area (Å²) in [6.07, 6.45) is 1.14. The molecule has 1 unspecified atom stereocenters. The van der Waals surface area contributed by atoms with Crippen LogP contribution in [-0.2, 0) is 22.6 Å². The normalized spacial score (nSPS) is 17.9. The van der Waals surface area contributed by atoms with Crippen molar-refractivity contribution in [3.05, 3.63) is 64.6 Å². The second kappa shape index (κ2) is 7.84. The highest BCUT2D eigenvalue weighted by Crippen LogP contribution is 2.30. The van der Waals surface area contributed by atoms with E-state index >= 15 is 0 Å². The minimum Gasteiger partial charge on any atom is -0.348 e. The van der Waals surface area contributed by atoms with Crippen molar-refractivity contribution in [3.63, 3.8) is 0 Å². The summed E-state index contributed by atoms with van der Waals surface area (Å²) < 4.78 is 14.9. The Kier molecular flexibility index (Phi) is 4.96. The number of rotatable bonds is 4. The fraction of sp³-hybridized carbons (Fsp3) is 0.250. The number of para-hydroxylation sites is 1. The van der Waals surface area contributed by atoms with E-state index in [2.05, 4.69) is 15.6 Å². The van der Waals surface area contributed by atoms with Crippen LogP contribution in [0.1, 0.15) is 51.7 Å². The van der Waals surface area contributed by atoms with Gasteiger partial charge in [-0.2, -0.15) is 0 Å². The van der Waals surface area contributed by atoms with Gasteiger partial charge in [0, 0.05) is 29.6 Å². The van der Waals surface area contributed by atoms with Crippen LogP contribution in [0, 0.1) is 5.82 Å². The van der Waals surface area contributed by atoms with Gasteiger partial charge in [-0.05, 0) is 48.2 Å². The molecule has 33 heavy (non-hydrogen) atoms. The number of carbonyl (C=O) groups is 4. The molecule has 9 heteroatoms. The van der Waals surface area contributed by atoms with Gasteiger partial charge < -0.3 is 15.2 Å². The Morgan fingerprint density at radius 3 is 2.79 bits per heavy atom. The van der Waals surface area contributed by atoms with Crippen molar-refractivity contribution in [1.82, 2.24) is 15.2 Å². The Labute approximate surface area is 188 Å². The summed E-state index contributed by atoms with van der Waals surface area (Å²) in [4.78, 5) is 53.5. The molecule has 168 valence electrons. The molecule has 3 aromatic rings. The van der Waals surface area contributed by atoms with E-state index < -0.39 is 23.7 Å². The van der Waals surface area contributed by atoms with E-state index in [4.69, 9.17) is 0 Å². The standard InChI is InChI=1S/C24H21FN4O4/c1-2-12-4-3-5-16-19(25)21(28-20(12)16)23(32)26-14-6-7-15-13(10-14)11-29(24(15)33)17-8-9-18(30)27-22(17)31/h3-7,10,17,28H,2,8-9,11H2,1H3,(H,26,32)(H,27,30,31). The zero-order valence-electron chi connectivity index (χ0n) is 17.8. The van der Waals surface area contributed by atoms with Crippen LogP contribution in [0.5, 0.6) is 0 Å². The summed E-state index contributed by atoms with van der Waals surface area (Å²) in [5, 5.41) is 5.31. The summed E-state index contributed by atoms with van der Waals surface area (Å²) in [5.41, 5.74) is 2.84. The Hall–Kier alpha value is -4.01. The molecule has 0 saturated carbocycles. The highest BCUT2D eigenvalue weighted by molar-refractivity contribution is 6.08. The summed E-state index contributed by atoms with van der Waals surface area (Å²) in [7, 11) is 0. The van der Waals surface area contributed by atoms with E-state index in [1.807, 2.05) is 13.0 Å². The Morgan fingerprint density at radius 1 is 1.21 bits per heavy atom. The van der Waals surface area contributed by atoms with Gasteiger partial charge in [0.2, 0.25) is 11.8 Å². The minimum atomic E-state index is -0.714. The number of nitrogens with zero attached hydrogens (tertiary/aromatic N) is 1. The average molecular weight is 448 g/mol. The number of H-pyrrole nitrogens is 1. The number of piperidine rings is 1. The lowest BCUT2D eigenvalue weighted by Gasteiger charge is -2.29. The van der Waals surface area contributed by atoms with Crippen molar-refractivity contribution in [1.29, 1.82) is 0 Å². The Bertz CT molecular complexity index is 1350. The summed E-state index contributed by atoms with van der Waals surface area (Å²) >= 11 is 0. The number of anilines is 1. The van der Waals surface area contributed by atoms with Crippen LogP contribution in [-0.4, -0.2) is 39.6 Å². The van der Waals surface area contributed by atoms with Crippen molar-refractivity contribution in [3.8, 4) is 0 Å². The largest absolute Gasteiger partial charge is 0.348 e. The number of aromatic nitrogens is 1. The van der Waals surface area contributed by atoms with E-state index in [0.29, 0.717) is 34.1 Å². The SMILES string of the molecule is CCc1cccc2c(F)c(C(=O)Nc3ccc4c(c3)CN(C3CCC(=O)NC3=O)C4=O)[nH]c12. The highest BCUT2D eigenvalue weighted by atomic mass is 19.1. The third kappa shape index (κ3) is 3.45. The lowest BCUT2D eigenvalue weighted by molar-refractivity contribution is -0.136. The number of aromatic amines is 1. The van der Waals surface area contributed by atoms with Crippen LogP contribution in [0.4, 0.5) is 10.1 Å². The maximum Gasteiger partial charge on any atom is 0.275 e. The number of imide groups is 1. The van der Waals surface area contributed by atoms with Crippen LogP contribution in [0.25, 0.3) is 10.9 Å². The van der Waals surface area contributed by atoms with E-state index in [0.717, 1.165) is 5.56 Å². The number of amides is 4. The van der Waals surface area contributed by atoms with E-state index in [-0.39, 0.29) is 36.9 Å². The van der Waals surface area contributed by atoms with E-state index in [1.165, 1.54) is 4.90 Å². The smallest absolute Gasteiger partial charge is 0.275 e. The van der Waals surface area contributed by atoms with Crippen LogP contribution in [0.15, 0.2) is 36.4 Å². The van der Waals surface area contributed by atoms with Crippen LogP contribution in [0.2, 0.25) is 0 Å². The van der Waals surface area contributed by atoms with Crippen LogP contribution < -0.4 is 10.6 Å². The molecule has 2 aliphatic rings. The zero-order valence-corrected chi connectivity index (χ0v) is 17.8. The predicted octanol–water partition coefficient (Wildman–Crippen LogP) is 2.88. The molecule has 1 saturated heterocycles. The van der Waals surface area contributed by atoms with Gasteiger partial charge in [0.25, 0.3) is 11.8 Å². The monoisotopic (exact) mass is 448 g/mol. The average Bonchev–Trinajstić information content (AvgIpc) is 3.30. The molecular formula is C24H21FN4O4. The number of hydrogen-bond donors (Lipinski definition) is 3. The molecule has 1 fully saturated rings. The number of benzene rings is 2. The first kappa shape index (κ1) is 20.9. The fourth-order valence-corrected chi connectivity index (χ4v) is 4.54. The van der Waals surface area contributed by atoms with Gasteiger partial charge in [-0.3, -0.25) is 24.5 Å². The molecule has 1 atom stereocenters. The highest BCUT2D eigenvalue weighted by Gasteiger charge is 2.39. The van der Waals surface area contributed by atoms with Crippen molar-refractivity contribution < 1.29 is 23.6 Å². The molecular weight excluding hydrogens is 427 g/mol. The minimum absolute atomic E-state index is 0.160. The number of aryl methyl sites for hydroxylation is 1. The topological polar surface area (TPSA) is 111 Å². The molecule has 0 spiro atoms. The molecule has 0 aliphatic carbocycles. The second-order valence-corrected chi connectivity index (χ2v) is 8.23. The van der Waals surface area contributed by atoms with Crippen molar-refractivity contribution in [2.75, 3.05) is 5.32 Å². The predicted molar refractivity (Wildman–Crippen MR) is 118 cm³/mol. The number of nitrogens with one attached hydrogen (secondary N) is 3. The Balaban J connectivity index is 1.37. The van der Waals surface area contributed by atoms with Crippen molar-refractivity contribution in [2.24, 2.45) is 0 Å². The molecule has 1 aromatic heterocycles. The van der Waals surface area contributed by atoms with Gasteiger partial charge in [0.15, 0.2) is 5.82 Å². The summed E-state index contributed by atoms with van der Waals surface area (Å²) in [6, 6.07) is 9.35. The third-order valence-corrected chi connectivity index (χ3v) is 6.25. The lowest BCUT2D eigenvalue weighted by Crippen LogP contribution is -2.52. The zero-order chi connectivity index (χ0) is 23.3. The summed E-state index contributed by atoms with van der Waals surface area (Å²) in [5.74, 6) is -2.37. The lowest BCUT2D eigenvalue weighted by atomic mass is 10.0. The van der Waals surface area contributed by atoms with Gasteiger partial charge in [-0.15, -0.1) is 0 Å². The molecule has 5 rings (SSSR count). The molecule has 3 N–H and O–H groups in total. The second-order valence-electron chi connectivity index (χ2n) is 8.23. The van der Waals surface area contributed by atoms with Crippen molar-refractivity contribution in [2.45, 2.75) is 38.8 Å². The van der Waals surface area contributed by atoms with Gasteiger partial charge in [-0.1, -0.05) is 19.1 Å². The number of hydrogen-bond acceptors (Lipinski definition) is 4. The summed E-state index contributed by atoms with van der Waals surface area (Å²) in [6.45, 7) is 2.14. The quantitative estimate of drug-likeness (QED) is 0.533. The molecule has 3 heterocycles. The first-order chi connectivity index (χ1) is 15.9. The Morgan fingerprint density at radius 2 is 2.03 bits per heavy atom. The molecule has 0 bridgehead atoms. The maximum absolute atomic E-state index is 14.9. The number of fused-ring (bicyclic) bond motifs is 2. The van der Waals surface area contributed by atoms with Crippen LogP contribution >= 0.6 is 0 Å². The van der Waals surface area contributed by atoms with Crippen LogP contribution in [0.3, 0.4) is 0 Å². The molecule has 2 aromatic carbocycles. The molecule has 8 nitrogen and oxygen atoms in total. The number of halogens is 1. The molecule has 4 amide bonds. The molecule has 2 aliphatic heterocycles. The van der Waals surface area contributed by atoms with Gasteiger partial charge in [0.05, 0.1) is 5.52 Å².